The summed E-state index contributed by atoms with van der Waals surface area (Å²) in [5.74, 6) is 0. The van der Waals surface area contributed by atoms with Gasteiger partial charge >= 0.3 is 0 Å². The standard InChI is InChI=1S/C106H91BN4/c1-103(2,3)74-46-58-92-86(62-74)87-63-75(104(4,5)6)47-59-93(87)110(92)80-54-56-90-98(66-80)108(78-50-42-72(43-51-78)100-82(68-28-17-13-18-29-68)36-25-37-83(100)69-30-19-14-20-31-69)96-40-27-41-97-102(96)107(90)91-57-55-81(111-94-60-48-76(105(7,8)9)64-88(94)89-65-77(106(10,11)12)49-61-95(89)111)67-99(91)109(97)79-52-44-73(45-53-79)101-84(70-32-21-15-22-33-70)38-26-39-85(101)71-34-23-16-24-35-71/h13-67H,1-12H3. The molecular formula is C106H91BN4. The van der Waals surface area contributed by atoms with Gasteiger partial charge in [-0.2, -0.15) is 0 Å². The van der Waals surface area contributed by atoms with E-state index >= 15 is 0 Å². The number of hydrogen-bond donors (Lipinski definition) is 0. The van der Waals surface area contributed by atoms with Crippen LogP contribution >= 0.6 is 0 Å². The Labute approximate surface area is 654 Å². The van der Waals surface area contributed by atoms with E-state index in [9.17, 15) is 0 Å². The summed E-state index contributed by atoms with van der Waals surface area (Å²) in [5.41, 5.74) is 36.8. The molecule has 538 valence electrons. The van der Waals surface area contributed by atoms with Crippen LogP contribution in [0.2, 0.25) is 0 Å². The highest BCUT2D eigenvalue weighted by atomic mass is 15.2. The van der Waals surface area contributed by atoms with Crippen LogP contribution in [0.3, 0.4) is 0 Å². The molecular weight excluding hydrogens is 1340 g/mol. The lowest BCUT2D eigenvalue weighted by atomic mass is 9.33. The van der Waals surface area contributed by atoms with E-state index in [1.54, 1.807) is 0 Å². The topological polar surface area (TPSA) is 16.3 Å². The summed E-state index contributed by atoms with van der Waals surface area (Å²) in [6.07, 6.45) is 0. The van der Waals surface area contributed by atoms with Gasteiger partial charge in [0.25, 0.3) is 6.71 Å². The first-order valence-electron chi connectivity index (χ1n) is 39.5. The van der Waals surface area contributed by atoms with Gasteiger partial charge in [-0.15, -0.1) is 0 Å². The van der Waals surface area contributed by atoms with Crippen molar-refractivity contribution in [1.82, 2.24) is 9.13 Å². The molecule has 0 saturated heterocycles. The van der Waals surface area contributed by atoms with Crippen molar-refractivity contribution >= 4 is 101 Å². The zero-order chi connectivity index (χ0) is 76.0. The van der Waals surface area contributed by atoms with Gasteiger partial charge in [0, 0.05) is 67.0 Å². The highest BCUT2D eigenvalue weighted by molar-refractivity contribution is 7.00. The van der Waals surface area contributed by atoms with Gasteiger partial charge in [0.05, 0.1) is 22.1 Å². The Hall–Kier alpha value is -12.4. The number of anilines is 6. The molecule has 2 aliphatic rings. The van der Waals surface area contributed by atoms with Crippen LogP contribution in [0.4, 0.5) is 34.1 Å². The van der Waals surface area contributed by atoms with Crippen LogP contribution in [0.15, 0.2) is 334 Å². The van der Waals surface area contributed by atoms with Gasteiger partial charge < -0.3 is 18.9 Å². The fourth-order valence-corrected chi connectivity index (χ4v) is 17.9. The minimum absolute atomic E-state index is 0.0434. The summed E-state index contributed by atoms with van der Waals surface area (Å²) in [7, 11) is 0. The van der Waals surface area contributed by atoms with Gasteiger partial charge in [-0.3, -0.25) is 0 Å². The van der Waals surface area contributed by atoms with E-state index in [0.29, 0.717) is 0 Å². The van der Waals surface area contributed by atoms with E-state index in [1.807, 2.05) is 0 Å². The summed E-state index contributed by atoms with van der Waals surface area (Å²) in [6.45, 7) is 27.8. The maximum Gasteiger partial charge on any atom is 0.252 e. The molecule has 0 bridgehead atoms. The van der Waals surface area contributed by atoms with Gasteiger partial charge in [0.2, 0.25) is 0 Å². The van der Waals surface area contributed by atoms with Crippen molar-refractivity contribution in [1.29, 1.82) is 0 Å². The highest BCUT2D eigenvalue weighted by Gasteiger charge is 2.44. The Morgan fingerprint density at radius 1 is 0.216 bits per heavy atom. The SMILES string of the molecule is CC(C)(C)c1ccc2c(c1)c1cc(C(C)(C)C)ccc1n2-c1ccc2c(c1)N(c1ccc(-c3c(-c4ccccc4)cccc3-c3ccccc3)cc1)c1cccc3c1B2c1ccc(-n2c4ccc(C(C)(C)C)cc4c4cc(C(C)(C)C)ccc42)cc1N3c1ccc(-c2c(-c3ccccc3)cccc2-c2ccccc2)cc1. The molecule has 0 N–H and O–H groups in total. The average molecular weight is 1430 g/mol. The number of rotatable bonds is 10. The van der Waals surface area contributed by atoms with Crippen LogP contribution in [0.25, 0.3) is 122 Å². The summed E-state index contributed by atoms with van der Waals surface area (Å²) in [6, 6.07) is 127. The normalized spacial score (nSPS) is 13.0. The molecule has 19 rings (SSSR count). The van der Waals surface area contributed by atoms with Gasteiger partial charge in [0.1, 0.15) is 0 Å². The Bertz CT molecular complexity index is 5860. The highest BCUT2D eigenvalue weighted by Crippen LogP contribution is 2.50. The van der Waals surface area contributed by atoms with Crippen molar-refractivity contribution in [2.75, 3.05) is 9.80 Å². The molecule has 4 nitrogen and oxygen atoms in total. The largest absolute Gasteiger partial charge is 0.311 e. The average Bonchev–Trinajstić information content (AvgIpc) is 0.826. The predicted octanol–water partition coefficient (Wildman–Crippen LogP) is 27.2. The molecule has 0 fully saturated rings. The lowest BCUT2D eigenvalue weighted by molar-refractivity contribution is 0.590. The molecule has 2 aromatic heterocycles. The van der Waals surface area contributed by atoms with Crippen molar-refractivity contribution in [3.8, 4) is 78.1 Å². The van der Waals surface area contributed by atoms with E-state index in [4.69, 9.17) is 0 Å². The van der Waals surface area contributed by atoms with Gasteiger partial charge in [-0.25, -0.2) is 0 Å². The molecule has 4 heterocycles. The number of aromatic nitrogens is 2. The van der Waals surface area contributed by atoms with Crippen LogP contribution in [0, 0.1) is 0 Å². The molecule has 17 aromatic rings. The minimum atomic E-state index is -0.170. The zero-order valence-electron chi connectivity index (χ0n) is 65.6. The maximum absolute atomic E-state index is 2.59. The van der Waals surface area contributed by atoms with Gasteiger partial charge in [-0.05, 0) is 236 Å². The third kappa shape index (κ3) is 11.7. The summed E-state index contributed by atoms with van der Waals surface area (Å²) < 4.78 is 5.08. The Kier molecular flexibility index (Phi) is 16.3. The van der Waals surface area contributed by atoms with Crippen LogP contribution < -0.4 is 26.2 Å². The van der Waals surface area contributed by atoms with Crippen molar-refractivity contribution in [3.63, 3.8) is 0 Å². The summed E-state index contributed by atoms with van der Waals surface area (Å²) in [5, 5.41) is 5.07. The second-order valence-corrected chi connectivity index (χ2v) is 34.9. The molecule has 0 spiro atoms. The lowest BCUT2D eigenvalue weighted by Crippen LogP contribution is -2.61. The third-order valence-corrected chi connectivity index (χ3v) is 23.8. The van der Waals surface area contributed by atoms with Crippen molar-refractivity contribution in [3.05, 3.63) is 356 Å². The molecule has 15 aromatic carbocycles. The fourth-order valence-electron chi connectivity index (χ4n) is 17.9. The number of hydrogen-bond acceptors (Lipinski definition) is 2. The summed E-state index contributed by atoms with van der Waals surface area (Å²) >= 11 is 0. The minimum Gasteiger partial charge on any atom is -0.311 e. The van der Waals surface area contributed by atoms with Gasteiger partial charge in [0.15, 0.2) is 0 Å². The molecule has 0 saturated carbocycles. The van der Waals surface area contributed by atoms with Crippen LogP contribution in [0.5, 0.6) is 0 Å². The molecule has 0 aliphatic carbocycles. The molecule has 111 heavy (non-hydrogen) atoms. The predicted molar refractivity (Wildman–Crippen MR) is 477 cm³/mol. The molecule has 0 unspecified atom stereocenters. The first kappa shape index (κ1) is 69.1. The first-order valence-corrected chi connectivity index (χ1v) is 39.5. The summed E-state index contributed by atoms with van der Waals surface area (Å²) in [4.78, 5) is 5.18. The monoisotopic (exact) mass is 1430 g/mol. The second kappa shape index (κ2) is 26.1. The van der Waals surface area contributed by atoms with E-state index < -0.39 is 0 Å². The van der Waals surface area contributed by atoms with Crippen LogP contribution in [-0.2, 0) is 21.7 Å². The van der Waals surface area contributed by atoms with Crippen molar-refractivity contribution in [2.24, 2.45) is 0 Å². The van der Waals surface area contributed by atoms with Crippen molar-refractivity contribution < 1.29 is 0 Å². The quantitative estimate of drug-likeness (QED) is 0.127. The Balaban J connectivity index is 0.864. The van der Waals surface area contributed by atoms with E-state index in [0.717, 1.165) is 56.6 Å². The third-order valence-electron chi connectivity index (χ3n) is 23.8. The van der Waals surface area contributed by atoms with E-state index in [1.165, 1.54) is 138 Å². The lowest BCUT2D eigenvalue weighted by Gasteiger charge is -2.44. The molecule has 0 amide bonds. The van der Waals surface area contributed by atoms with Gasteiger partial charge in [-0.1, -0.05) is 308 Å². The number of benzene rings is 15. The number of nitrogens with zero attached hydrogens (tertiary/aromatic N) is 4. The Morgan fingerprint density at radius 3 is 0.766 bits per heavy atom. The molecule has 0 atom stereocenters. The molecule has 0 radical (unpaired) electrons. The fraction of sp³-hybridized carbons (Fsp3) is 0.151. The first-order chi connectivity index (χ1) is 53.6. The van der Waals surface area contributed by atoms with Crippen LogP contribution in [-0.4, -0.2) is 15.8 Å². The second-order valence-electron chi connectivity index (χ2n) is 34.9. The zero-order valence-corrected chi connectivity index (χ0v) is 65.6. The van der Waals surface area contributed by atoms with E-state index in [2.05, 4.69) is 436 Å². The maximum atomic E-state index is 2.59. The smallest absolute Gasteiger partial charge is 0.252 e. The molecule has 5 heteroatoms. The number of fused-ring (bicyclic) bond motifs is 10. The molecule has 2 aliphatic heterocycles. The van der Waals surface area contributed by atoms with Crippen molar-refractivity contribution in [2.45, 2.75) is 105 Å². The van der Waals surface area contributed by atoms with E-state index in [-0.39, 0.29) is 28.4 Å². The van der Waals surface area contributed by atoms with Crippen LogP contribution in [0.1, 0.15) is 105 Å². The Morgan fingerprint density at radius 2 is 0.486 bits per heavy atom.